The normalized spacial score (nSPS) is 22.1. The molecule has 2 heterocycles. The number of hydrogen-bond acceptors (Lipinski definition) is 6. The van der Waals surface area contributed by atoms with Crippen LogP contribution in [0.25, 0.3) is 0 Å². The van der Waals surface area contributed by atoms with E-state index in [9.17, 15) is 18.3 Å². The summed E-state index contributed by atoms with van der Waals surface area (Å²) in [7, 11) is 0.0372. The van der Waals surface area contributed by atoms with Gasteiger partial charge in [-0.1, -0.05) is 12.1 Å². The van der Waals surface area contributed by atoms with Crippen LogP contribution in [-0.2, 0) is 15.0 Å². The van der Waals surface area contributed by atoms with Gasteiger partial charge in [-0.2, -0.15) is 17.0 Å². The molecule has 3 rings (SSSR count). The number of carboxylic acid groups (broad SMARTS) is 1. The molecule has 2 saturated heterocycles. The first-order chi connectivity index (χ1) is 13.3. The summed E-state index contributed by atoms with van der Waals surface area (Å²) in [6.45, 7) is 3.73. The highest BCUT2D eigenvalue weighted by Gasteiger charge is 2.37. The lowest BCUT2D eigenvalue weighted by Gasteiger charge is -2.40. The van der Waals surface area contributed by atoms with Gasteiger partial charge in [-0.05, 0) is 24.7 Å². The fourth-order valence-corrected chi connectivity index (χ4v) is 5.25. The van der Waals surface area contributed by atoms with E-state index in [0.717, 1.165) is 13.1 Å². The molecular formula is C18H28N4O5S. The molecule has 0 amide bonds. The number of likely N-dealkylation sites (N-methyl/N-ethyl adjacent to an activating group) is 1. The van der Waals surface area contributed by atoms with Gasteiger partial charge in [-0.25, -0.2) is 0 Å². The zero-order chi connectivity index (χ0) is 20.3. The number of carbonyl (C=O) groups is 1. The minimum atomic E-state index is -3.50. The van der Waals surface area contributed by atoms with E-state index >= 15 is 0 Å². The third kappa shape index (κ3) is 4.47. The van der Waals surface area contributed by atoms with Crippen molar-refractivity contribution in [2.75, 3.05) is 66.5 Å². The lowest BCUT2D eigenvalue weighted by Crippen LogP contribution is -2.57. The van der Waals surface area contributed by atoms with E-state index in [1.54, 1.807) is 31.4 Å². The highest BCUT2D eigenvalue weighted by Crippen LogP contribution is 2.26. The Bertz CT molecular complexity index is 770. The van der Waals surface area contributed by atoms with Crippen molar-refractivity contribution in [3.05, 3.63) is 29.8 Å². The summed E-state index contributed by atoms with van der Waals surface area (Å²) in [4.78, 5) is 15.8. The van der Waals surface area contributed by atoms with E-state index in [0.29, 0.717) is 37.5 Å². The maximum absolute atomic E-state index is 12.9. The predicted octanol–water partition coefficient (Wildman–Crippen LogP) is -0.0693. The number of hydrogen-bond donors (Lipinski definition) is 1. The number of benzene rings is 1. The van der Waals surface area contributed by atoms with Gasteiger partial charge in [-0.3, -0.25) is 9.69 Å². The van der Waals surface area contributed by atoms with E-state index in [4.69, 9.17) is 4.74 Å². The van der Waals surface area contributed by atoms with Crippen molar-refractivity contribution in [1.29, 1.82) is 0 Å². The minimum absolute atomic E-state index is 0.286. The average Bonchev–Trinajstić information content (AvgIpc) is 2.69. The smallest absolute Gasteiger partial charge is 0.325 e. The van der Waals surface area contributed by atoms with Crippen LogP contribution in [-0.4, -0.2) is 104 Å². The molecule has 0 radical (unpaired) electrons. The molecule has 0 bridgehead atoms. The van der Waals surface area contributed by atoms with Crippen molar-refractivity contribution >= 4 is 16.2 Å². The largest absolute Gasteiger partial charge is 0.497 e. The van der Waals surface area contributed by atoms with E-state index in [-0.39, 0.29) is 13.1 Å². The van der Waals surface area contributed by atoms with Gasteiger partial charge in [-0.15, -0.1) is 0 Å². The summed E-state index contributed by atoms with van der Waals surface area (Å²) in [5.41, 5.74) is 0.656. The van der Waals surface area contributed by atoms with Crippen LogP contribution in [0.5, 0.6) is 5.75 Å². The Morgan fingerprint density at radius 3 is 1.93 bits per heavy atom. The van der Waals surface area contributed by atoms with Crippen LogP contribution in [0.3, 0.4) is 0 Å². The second kappa shape index (κ2) is 8.75. The first kappa shape index (κ1) is 21.0. The van der Waals surface area contributed by atoms with E-state index in [1.165, 1.54) is 8.61 Å². The Balaban J connectivity index is 1.66. The number of methoxy groups -OCH3 is 1. The molecule has 28 heavy (non-hydrogen) atoms. The average molecular weight is 413 g/mol. The second-order valence-corrected chi connectivity index (χ2v) is 9.09. The molecule has 9 nitrogen and oxygen atoms in total. The van der Waals surface area contributed by atoms with E-state index in [1.807, 2.05) is 11.9 Å². The lowest BCUT2D eigenvalue weighted by atomic mass is 10.0. The summed E-state index contributed by atoms with van der Waals surface area (Å²) in [6.07, 6.45) is 0. The predicted molar refractivity (Wildman–Crippen MR) is 105 cm³/mol. The van der Waals surface area contributed by atoms with Gasteiger partial charge in [0.05, 0.1) is 7.11 Å². The number of aliphatic carboxylic acids is 1. The first-order valence-electron chi connectivity index (χ1n) is 9.37. The SMILES string of the molecule is COc1ccc(C(C(=O)O)N2CCN(S(=O)(=O)N3CCN(C)CC3)CC2)cc1. The molecule has 10 heteroatoms. The van der Waals surface area contributed by atoms with Crippen molar-refractivity contribution in [2.45, 2.75) is 6.04 Å². The van der Waals surface area contributed by atoms with Gasteiger partial charge < -0.3 is 14.7 Å². The van der Waals surface area contributed by atoms with Gasteiger partial charge in [0.2, 0.25) is 0 Å². The van der Waals surface area contributed by atoms with Crippen molar-refractivity contribution in [3.63, 3.8) is 0 Å². The minimum Gasteiger partial charge on any atom is -0.497 e. The van der Waals surface area contributed by atoms with Gasteiger partial charge in [0.1, 0.15) is 11.8 Å². The molecule has 0 aromatic heterocycles. The van der Waals surface area contributed by atoms with Crippen molar-refractivity contribution < 1.29 is 23.1 Å². The molecule has 1 atom stereocenters. The van der Waals surface area contributed by atoms with Crippen LogP contribution < -0.4 is 4.74 Å². The van der Waals surface area contributed by atoms with E-state index < -0.39 is 22.2 Å². The highest BCUT2D eigenvalue weighted by atomic mass is 32.2. The standard InChI is InChI=1S/C18H28N4O5S/c1-19-7-11-21(12-8-19)28(25,26)22-13-9-20(10-14-22)17(18(23)24)15-3-5-16(27-2)6-4-15/h3-6,17H,7-14H2,1-2H3,(H,23,24). The van der Waals surface area contributed by atoms with Crippen LogP contribution >= 0.6 is 0 Å². The molecule has 0 aliphatic carbocycles. The number of nitrogens with zero attached hydrogens (tertiary/aromatic N) is 4. The van der Waals surface area contributed by atoms with Crippen molar-refractivity contribution in [3.8, 4) is 5.75 Å². The van der Waals surface area contributed by atoms with Gasteiger partial charge in [0.25, 0.3) is 10.2 Å². The molecule has 2 aliphatic heterocycles. The molecule has 0 saturated carbocycles. The summed E-state index contributed by atoms with van der Waals surface area (Å²) < 4.78 is 33.9. The fraction of sp³-hybridized carbons (Fsp3) is 0.611. The third-order valence-electron chi connectivity index (χ3n) is 5.42. The van der Waals surface area contributed by atoms with Crippen LogP contribution in [0.15, 0.2) is 24.3 Å². The summed E-state index contributed by atoms with van der Waals surface area (Å²) in [5.74, 6) is -0.281. The number of piperazine rings is 2. The van der Waals surface area contributed by atoms with Crippen LogP contribution in [0, 0.1) is 0 Å². The summed E-state index contributed by atoms with van der Waals surface area (Å²) in [5, 5.41) is 9.74. The first-order valence-corrected chi connectivity index (χ1v) is 10.8. The zero-order valence-corrected chi connectivity index (χ0v) is 17.1. The van der Waals surface area contributed by atoms with Crippen LogP contribution in [0.4, 0.5) is 0 Å². The quantitative estimate of drug-likeness (QED) is 0.699. The molecule has 2 aliphatic rings. The summed E-state index contributed by atoms with van der Waals surface area (Å²) in [6, 6.07) is 6.15. The molecular weight excluding hydrogens is 384 g/mol. The molecule has 1 aromatic rings. The monoisotopic (exact) mass is 412 g/mol. The van der Waals surface area contributed by atoms with Crippen molar-refractivity contribution in [1.82, 2.24) is 18.4 Å². The number of carboxylic acids is 1. The zero-order valence-electron chi connectivity index (χ0n) is 16.3. The molecule has 2 fully saturated rings. The third-order valence-corrected chi connectivity index (χ3v) is 7.45. The maximum Gasteiger partial charge on any atom is 0.325 e. The lowest BCUT2D eigenvalue weighted by molar-refractivity contribution is -0.144. The second-order valence-electron chi connectivity index (χ2n) is 7.16. The van der Waals surface area contributed by atoms with E-state index in [2.05, 4.69) is 4.90 Å². The molecule has 0 spiro atoms. The van der Waals surface area contributed by atoms with Gasteiger partial charge >= 0.3 is 5.97 Å². The maximum atomic E-state index is 12.9. The highest BCUT2D eigenvalue weighted by molar-refractivity contribution is 7.86. The molecule has 1 unspecified atom stereocenters. The fourth-order valence-electron chi connectivity index (χ4n) is 3.67. The Morgan fingerprint density at radius 1 is 0.964 bits per heavy atom. The Hall–Kier alpha value is -1.72. The number of ether oxygens (including phenoxy) is 1. The molecule has 1 N–H and O–H groups in total. The Kier molecular flexibility index (Phi) is 6.56. The molecule has 1 aromatic carbocycles. The van der Waals surface area contributed by atoms with Crippen molar-refractivity contribution in [2.24, 2.45) is 0 Å². The van der Waals surface area contributed by atoms with Crippen LogP contribution in [0.2, 0.25) is 0 Å². The Morgan fingerprint density at radius 2 is 1.46 bits per heavy atom. The summed E-state index contributed by atoms with van der Waals surface area (Å²) >= 11 is 0. The van der Waals surface area contributed by atoms with Gasteiger partial charge in [0.15, 0.2) is 0 Å². The van der Waals surface area contributed by atoms with Gasteiger partial charge in [0, 0.05) is 52.4 Å². The van der Waals surface area contributed by atoms with Crippen LogP contribution in [0.1, 0.15) is 11.6 Å². The number of rotatable bonds is 6. The molecule has 156 valence electrons. The topological polar surface area (TPSA) is 93.6 Å². The Labute approximate surface area is 166 Å².